The van der Waals surface area contributed by atoms with E-state index < -0.39 is 0 Å². The van der Waals surface area contributed by atoms with Crippen molar-refractivity contribution in [3.8, 4) is 22.5 Å². The molecule has 0 spiro atoms. The summed E-state index contributed by atoms with van der Waals surface area (Å²) in [7, 11) is 0. The average Bonchev–Trinajstić information content (AvgIpc) is 3.41. The maximum Gasteiger partial charge on any atom is 0.163 e. The summed E-state index contributed by atoms with van der Waals surface area (Å²) in [6, 6.07) is 40.5. The lowest BCUT2D eigenvalue weighted by Crippen LogP contribution is -2.13. The van der Waals surface area contributed by atoms with Gasteiger partial charge in [0.05, 0.1) is 0 Å². The van der Waals surface area contributed by atoms with Crippen LogP contribution in [0.15, 0.2) is 132 Å². The zero-order chi connectivity index (χ0) is 28.7. The number of benzene rings is 5. The van der Waals surface area contributed by atoms with Gasteiger partial charge in [-0.25, -0.2) is 15.0 Å². The number of fused-ring (bicyclic) bond motifs is 3. The average molecular weight is 547 g/mol. The van der Waals surface area contributed by atoms with Crippen molar-refractivity contribution in [1.82, 2.24) is 15.0 Å². The van der Waals surface area contributed by atoms with Crippen molar-refractivity contribution in [3.05, 3.63) is 133 Å². The van der Waals surface area contributed by atoms with E-state index in [2.05, 4.69) is 132 Å². The van der Waals surface area contributed by atoms with Crippen LogP contribution in [-0.4, -0.2) is 15.0 Å². The molecule has 42 heavy (non-hydrogen) atoms. The summed E-state index contributed by atoms with van der Waals surface area (Å²) in [4.78, 5) is 15.1. The minimum atomic E-state index is 0.102. The summed E-state index contributed by atoms with van der Waals surface area (Å²) in [5, 5.41) is 2.04. The first-order valence-electron chi connectivity index (χ1n) is 14.1. The quantitative estimate of drug-likeness (QED) is 0.215. The Kier molecular flexibility index (Phi) is 6.28. The Morgan fingerprint density at radius 1 is 0.595 bits per heavy atom. The monoisotopic (exact) mass is 546 g/mol. The van der Waals surface area contributed by atoms with Gasteiger partial charge in [-0.1, -0.05) is 81.4 Å². The van der Waals surface area contributed by atoms with Crippen LogP contribution < -0.4 is 4.90 Å². The van der Waals surface area contributed by atoms with E-state index >= 15 is 0 Å². The number of hydrogen-bond acceptors (Lipinski definition) is 5. The molecule has 5 aromatic carbocycles. The van der Waals surface area contributed by atoms with Crippen LogP contribution in [0.1, 0.15) is 26.3 Å². The zero-order valence-corrected chi connectivity index (χ0v) is 23.8. The molecule has 0 saturated carbocycles. The molecule has 0 amide bonds. The predicted molar refractivity (Wildman–Crippen MR) is 171 cm³/mol. The largest absolute Gasteiger partial charge is 0.456 e. The highest BCUT2D eigenvalue weighted by Crippen LogP contribution is 2.39. The number of rotatable bonds is 5. The molecule has 0 fully saturated rings. The third-order valence-corrected chi connectivity index (χ3v) is 7.69. The molecule has 0 unspecified atom stereocenters. The first-order valence-corrected chi connectivity index (χ1v) is 14.1. The maximum absolute atomic E-state index is 6.21. The Balaban J connectivity index is 1.29. The minimum Gasteiger partial charge on any atom is -0.456 e. The molecular weight excluding hydrogens is 516 g/mol. The summed E-state index contributed by atoms with van der Waals surface area (Å²) in [5.41, 5.74) is 9.57. The highest BCUT2D eigenvalue weighted by atomic mass is 16.3. The molecule has 0 saturated heterocycles. The van der Waals surface area contributed by atoms with Crippen molar-refractivity contribution in [3.63, 3.8) is 0 Å². The van der Waals surface area contributed by atoms with Crippen LogP contribution in [0.4, 0.5) is 17.1 Å². The topological polar surface area (TPSA) is 55.1 Å². The summed E-state index contributed by atoms with van der Waals surface area (Å²) in [5.74, 6) is 0.629. The molecule has 7 aromatic rings. The Labute approximate surface area is 245 Å². The van der Waals surface area contributed by atoms with Crippen LogP contribution in [0.25, 0.3) is 44.5 Å². The lowest BCUT2D eigenvalue weighted by atomic mass is 9.87. The molecule has 204 valence electrons. The third kappa shape index (κ3) is 4.69. The van der Waals surface area contributed by atoms with Crippen LogP contribution in [-0.2, 0) is 5.41 Å². The molecule has 0 radical (unpaired) electrons. The predicted octanol–water partition coefficient (Wildman–Crippen LogP) is 9.87. The fraction of sp³-hybridized carbons (Fsp3) is 0.108. The van der Waals surface area contributed by atoms with E-state index in [0.717, 1.165) is 55.7 Å². The highest BCUT2D eigenvalue weighted by molar-refractivity contribution is 6.12. The molecule has 0 aliphatic carbocycles. The Hall–Kier alpha value is -5.29. The number of furan rings is 1. The molecule has 0 aliphatic rings. The van der Waals surface area contributed by atoms with E-state index in [4.69, 9.17) is 4.42 Å². The number of hydrogen-bond donors (Lipinski definition) is 0. The van der Waals surface area contributed by atoms with Gasteiger partial charge in [-0.05, 0) is 76.7 Å². The summed E-state index contributed by atoms with van der Waals surface area (Å²) < 4.78 is 6.21. The van der Waals surface area contributed by atoms with Gasteiger partial charge in [0.15, 0.2) is 5.82 Å². The van der Waals surface area contributed by atoms with Gasteiger partial charge in [-0.3, -0.25) is 0 Å². The zero-order valence-electron chi connectivity index (χ0n) is 23.8. The van der Waals surface area contributed by atoms with Gasteiger partial charge in [-0.15, -0.1) is 0 Å². The van der Waals surface area contributed by atoms with Crippen molar-refractivity contribution in [2.75, 3.05) is 4.90 Å². The Bertz CT molecular complexity index is 1990. The van der Waals surface area contributed by atoms with Crippen molar-refractivity contribution >= 4 is 39.0 Å². The summed E-state index contributed by atoms with van der Waals surface area (Å²) in [6.07, 6.45) is 3.04. The lowest BCUT2D eigenvalue weighted by Gasteiger charge is -2.27. The van der Waals surface area contributed by atoms with Crippen molar-refractivity contribution in [2.45, 2.75) is 26.2 Å². The van der Waals surface area contributed by atoms with Gasteiger partial charge in [0.1, 0.15) is 23.8 Å². The van der Waals surface area contributed by atoms with Crippen LogP contribution in [0.5, 0.6) is 0 Å². The van der Waals surface area contributed by atoms with Gasteiger partial charge >= 0.3 is 0 Å². The van der Waals surface area contributed by atoms with Gasteiger partial charge in [0, 0.05) is 33.4 Å². The highest BCUT2D eigenvalue weighted by Gasteiger charge is 2.18. The second-order valence-corrected chi connectivity index (χ2v) is 11.5. The van der Waals surface area contributed by atoms with E-state index in [9.17, 15) is 0 Å². The second-order valence-electron chi connectivity index (χ2n) is 11.5. The molecule has 0 aliphatic heterocycles. The second kappa shape index (κ2) is 10.3. The molecule has 5 nitrogen and oxygen atoms in total. The molecule has 0 bridgehead atoms. The fourth-order valence-electron chi connectivity index (χ4n) is 5.51. The summed E-state index contributed by atoms with van der Waals surface area (Å²) in [6.45, 7) is 6.73. The third-order valence-electron chi connectivity index (χ3n) is 7.69. The van der Waals surface area contributed by atoms with Gasteiger partial charge in [0.25, 0.3) is 0 Å². The Morgan fingerprint density at radius 3 is 1.93 bits per heavy atom. The van der Waals surface area contributed by atoms with E-state index in [0.29, 0.717) is 5.82 Å². The summed E-state index contributed by atoms with van der Waals surface area (Å²) >= 11 is 0. The van der Waals surface area contributed by atoms with E-state index in [1.165, 1.54) is 18.2 Å². The molecule has 7 rings (SSSR count). The first kappa shape index (κ1) is 25.7. The van der Waals surface area contributed by atoms with Crippen LogP contribution in [0.2, 0.25) is 0 Å². The number of anilines is 3. The molecule has 5 heteroatoms. The smallest absolute Gasteiger partial charge is 0.163 e. The molecular formula is C37H30N4O. The fourth-order valence-corrected chi connectivity index (χ4v) is 5.51. The first-order chi connectivity index (χ1) is 20.5. The SMILES string of the molecule is CC(C)(C)c1ccc(N(c2ccccc2)c2ccc(-c3ccc4oc5cccc(-c6ncncn6)c5c4c3)cc2)cc1. The Morgan fingerprint density at radius 2 is 1.24 bits per heavy atom. The lowest BCUT2D eigenvalue weighted by molar-refractivity contribution is 0.590. The van der Waals surface area contributed by atoms with Crippen molar-refractivity contribution < 1.29 is 4.42 Å². The number of aromatic nitrogens is 3. The minimum absolute atomic E-state index is 0.102. The van der Waals surface area contributed by atoms with Gasteiger partial charge < -0.3 is 9.32 Å². The number of para-hydroxylation sites is 1. The van der Waals surface area contributed by atoms with Gasteiger partial charge in [-0.2, -0.15) is 0 Å². The maximum atomic E-state index is 6.21. The normalized spacial score (nSPS) is 11.7. The number of nitrogens with zero attached hydrogens (tertiary/aromatic N) is 4. The van der Waals surface area contributed by atoms with Gasteiger partial charge in [0.2, 0.25) is 0 Å². The molecule has 2 heterocycles. The van der Waals surface area contributed by atoms with Crippen molar-refractivity contribution in [2.24, 2.45) is 0 Å². The molecule has 0 atom stereocenters. The van der Waals surface area contributed by atoms with Crippen LogP contribution >= 0.6 is 0 Å². The standard InChI is InChI=1S/C37H30N4O/c1-37(2,3)27-15-19-30(20-16-27)41(28-8-5-4-6-9-28)29-17-12-25(13-18-29)26-14-21-33-32(22-26)35-31(10-7-11-34(35)42-33)36-39-23-38-24-40-36/h4-24H,1-3H3. The van der Waals surface area contributed by atoms with E-state index in [-0.39, 0.29) is 5.41 Å². The molecule has 2 aromatic heterocycles. The van der Waals surface area contributed by atoms with Crippen molar-refractivity contribution in [1.29, 1.82) is 0 Å². The van der Waals surface area contributed by atoms with E-state index in [1.807, 2.05) is 24.3 Å². The van der Waals surface area contributed by atoms with Crippen LogP contribution in [0.3, 0.4) is 0 Å². The van der Waals surface area contributed by atoms with E-state index in [1.54, 1.807) is 0 Å². The van der Waals surface area contributed by atoms with Crippen LogP contribution in [0, 0.1) is 0 Å². The molecule has 0 N–H and O–H groups in total.